The van der Waals surface area contributed by atoms with Gasteiger partial charge in [0.1, 0.15) is 24.7 Å². The van der Waals surface area contributed by atoms with E-state index in [1.807, 2.05) is 19.1 Å². The van der Waals surface area contributed by atoms with Crippen molar-refractivity contribution in [2.24, 2.45) is 0 Å². The summed E-state index contributed by atoms with van der Waals surface area (Å²) in [6, 6.07) is 8.64. The number of Topliss-reactive ketones (excluding diaryl/α,β-unsaturated/α-hetero) is 1. The number of nitrogens with two attached hydrogens (primary N) is 1. The second kappa shape index (κ2) is 8.03. The molecule has 0 radical (unpaired) electrons. The van der Waals surface area contributed by atoms with Crippen LogP contribution < -0.4 is 24.7 Å². The van der Waals surface area contributed by atoms with Gasteiger partial charge in [0.05, 0.1) is 19.9 Å². The SMILES string of the molecule is CC/C(=C\c1cc2c(cc1OC)OCCO2)C(=O)c1ccc(N)c(OC)c1. The number of hydrogen-bond donors (Lipinski definition) is 1. The third kappa shape index (κ3) is 3.84. The fourth-order valence-electron chi connectivity index (χ4n) is 2.93. The summed E-state index contributed by atoms with van der Waals surface area (Å²) in [5.41, 5.74) is 8.25. The topological polar surface area (TPSA) is 80.0 Å². The Bertz CT molecular complexity index is 888. The third-order valence-electron chi connectivity index (χ3n) is 4.39. The molecule has 6 nitrogen and oxygen atoms in total. The van der Waals surface area contributed by atoms with E-state index in [-0.39, 0.29) is 5.78 Å². The monoisotopic (exact) mass is 369 g/mol. The molecule has 3 rings (SSSR count). The molecule has 1 aliphatic heterocycles. The summed E-state index contributed by atoms with van der Waals surface area (Å²) in [6.07, 6.45) is 2.38. The molecule has 0 saturated heterocycles. The normalized spacial score (nSPS) is 13.2. The van der Waals surface area contributed by atoms with Gasteiger partial charge in [0.15, 0.2) is 17.3 Å². The van der Waals surface area contributed by atoms with Crippen molar-refractivity contribution in [1.82, 2.24) is 0 Å². The molecule has 0 fully saturated rings. The highest BCUT2D eigenvalue weighted by Crippen LogP contribution is 2.38. The van der Waals surface area contributed by atoms with Gasteiger partial charge < -0.3 is 24.7 Å². The van der Waals surface area contributed by atoms with Crippen LogP contribution in [0.1, 0.15) is 29.3 Å². The highest BCUT2D eigenvalue weighted by molar-refractivity contribution is 6.11. The molecular weight excluding hydrogens is 346 g/mol. The van der Waals surface area contributed by atoms with E-state index in [1.54, 1.807) is 31.4 Å². The van der Waals surface area contributed by atoms with Crippen LogP contribution in [0.3, 0.4) is 0 Å². The Balaban J connectivity index is 2.00. The summed E-state index contributed by atoms with van der Waals surface area (Å²) in [6.45, 7) is 2.93. The van der Waals surface area contributed by atoms with Crippen LogP contribution in [0.5, 0.6) is 23.0 Å². The molecule has 1 heterocycles. The molecule has 0 saturated carbocycles. The van der Waals surface area contributed by atoms with Crippen LogP contribution in [0.25, 0.3) is 6.08 Å². The third-order valence-corrected chi connectivity index (χ3v) is 4.39. The van der Waals surface area contributed by atoms with Crippen LogP contribution in [0, 0.1) is 0 Å². The van der Waals surface area contributed by atoms with E-state index in [0.717, 1.165) is 5.56 Å². The number of methoxy groups -OCH3 is 2. The Morgan fingerprint density at radius 2 is 1.74 bits per heavy atom. The Labute approximate surface area is 158 Å². The van der Waals surface area contributed by atoms with Crippen molar-refractivity contribution in [2.45, 2.75) is 13.3 Å². The minimum atomic E-state index is -0.0901. The zero-order valence-electron chi connectivity index (χ0n) is 15.7. The first-order valence-electron chi connectivity index (χ1n) is 8.73. The molecule has 2 aromatic rings. The summed E-state index contributed by atoms with van der Waals surface area (Å²) >= 11 is 0. The number of carbonyl (C=O) groups excluding carboxylic acids is 1. The molecule has 6 heteroatoms. The number of hydrogen-bond acceptors (Lipinski definition) is 6. The molecule has 142 valence electrons. The number of nitrogen functional groups attached to an aromatic ring is 1. The zero-order chi connectivity index (χ0) is 19.4. The summed E-state index contributed by atoms with van der Waals surface area (Å²) in [5, 5.41) is 0. The summed E-state index contributed by atoms with van der Waals surface area (Å²) in [7, 11) is 3.11. The van der Waals surface area contributed by atoms with Gasteiger partial charge in [-0.25, -0.2) is 0 Å². The van der Waals surface area contributed by atoms with Crippen LogP contribution >= 0.6 is 0 Å². The van der Waals surface area contributed by atoms with E-state index in [9.17, 15) is 4.79 Å². The molecule has 0 atom stereocenters. The van der Waals surface area contributed by atoms with Crippen molar-refractivity contribution in [3.63, 3.8) is 0 Å². The maximum Gasteiger partial charge on any atom is 0.189 e. The average Bonchev–Trinajstić information content (AvgIpc) is 2.71. The van der Waals surface area contributed by atoms with E-state index in [4.69, 9.17) is 24.7 Å². The predicted molar refractivity (Wildman–Crippen MR) is 104 cm³/mol. The van der Waals surface area contributed by atoms with E-state index in [1.165, 1.54) is 7.11 Å². The standard InChI is InChI=1S/C21H23NO5/c1-4-13(21(23)14-5-6-16(22)18(10-14)25-3)9-15-11-19-20(12-17(15)24-2)27-8-7-26-19/h5-6,9-12H,4,7-8,22H2,1-3H3/b13-9+. The molecule has 0 spiro atoms. The van der Waals surface area contributed by atoms with E-state index in [2.05, 4.69) is 0 Å². The number of fused-ring (bicyclic) bond motifs is 1. The molecule has 27 heavy (non-hydrogen) atoms. The van der Waals surface area contributed by atoms with Crippen molar-refractivity contribution in [1.29, 1.82) is 0 Å². The van der Waals surface area contributed by atoms with E-state index >= 15 is 0 Å². The van der Waals surface area contributed by atoms with Gasteiger partial charge in [-0.15, -0.1) is 0 Å². The molecule has 0 aliphatic carbocycles. The minimum Gasteiger partial charge on any atom is -0.496 e. The predicted octanol–water partition coefficient (Wildman–Crippen LogP) is 3.73. The molecule has 0 unspecified atom stereocenters. The number of carbonyl (C=O) groups is 1. The minimum absolute atomic E-state index is 0.0901. The number of anilines is 1. The second-order valence-electron chi connectivity index (χ2n) is 6.05. The number of ether oxygens (including phenoxy) is 4. The maximum atomic E-state index is 13.0. The zero-order valence-corrected chi connectivity index (χ0v) is 15.7. The summed E-state index contributed by atoms with van der Waals surface area (Å²) in [5.74, 6) is 2.29. The van der Waals surface area contributed by atoms with Crippen molar-refractivity contribution < 1.29 is 23.7 Å². The molecule has 1 aliphatic rings. The van der Waals surface area contributed by atoms with E-state index < -0.39 is 0 Å². The second-order valence-corrected chi connectivity index (χ2v) is 6.05. The smallest absolute Gasteiger partial charge is 0.189 e. The molecule has 0 amide bonds. The molecular formula is C21H23NO5. The number of rotatable bonds is 6. The van der Waals surface area contributed by atoms with Crippen molar-refractivity contribution in [3.05, 3.63) is 47.0 Å². The molecule has 2 N–H and O–H groups in total. The first-order valence-corrected chi connectivity index (χ1v) is 8.73. The van der Waals surface area contributed by atoms with Crippen LogP contribution in [-0.4, -0.2) is 33.2 Å². The largest absolute Gasteiger partial charge is 0.496 e. The van der Waals surface area contributed by atoms with Gasteiger partial charge in [-0.3, -0.25) is 4.79 Å². The molecule has 2 aromatic carbocycles. The molecule has 0 bridgehead atoms. The van der Waals surface area contributed by atoms with Crippen molar-refractivity contribution >= 4 is 17.5 Å². The first-order chi connectivity index (χ1) is 13.1. The lowest BCUT2D eigenvalue weighted by molar-refractivity contribution is 0.103. The number of ketones is 1. The average molecular weight is 369 g/mol. The van der Waals surface area contributed by atoms with Crippen LogP contribution in [-0.2, 0) is 0 Å². The number of benzene rings is 2. The Morgan fingerprint density at radius 3 is 2.37 bits per heavy atom. The lowest BCUT2D eigenvalue weighted by Gasteiger charge is -2.20. The van der Waals surface area contributed by atoms with Gasteiger partial charge in [-0.05, 0) is 36.8 Å². The quantitative estimate of drug-likeness (QED) is 0.475. The van der Waals surface area contributed by atoms with Crippen LogP contribution in [0.4, 0.5) is 5.69 Å². The van der Waals surface area contributed by atoms with Gasteiger partial charge in [0.2, 0.25) is 0 Å². The molecule has 0 aromatic heterocycles. The van der Waals surface area contributed by atoms with Crippen molar-refractivity contribution in [2.75, 3.05) is 33.2 Å². The lowest BCUT2D eigenvalue weighted by Crippen LogP contribution is -2.15. The summed E-state index contributed by atoms with van der Waals surface area (Å²) in [4.78, 5) is 13.0. The maximum absolute atomic E-state index is 13.0. The fourth-order valence-corrected chi connectivity index (χ4v) is 2.93. The van der Waals surface area contributed by atoms with Gasteiger partial charge in [-0.2, -0.15) is 0 Å². The fraction of sp³-hybridized carbons (Fsp3) is 0.286. The highest BCUT2D eigenvalue weighted by atomic mass is 16.6. The first kappa shape index (κ1) is 18.6. The Kier molecular flexibility index (Phi) is 5.54. The summed E-state index contributed by atoms with van der Waals surface area (Å²) < 4.78 is 21.9. The Hall–Kier alpha value is -3.15. The van der Waals surface area contributed by atoms with Gasteiger partial charge in [0.25, 0.3) is 0 Å². The van der Waals surface area contributed by atoms with Crippen LogP contribution in [0.15, 0.2) is 35.9 Å². The highest BCUT2D eigenvalue weighted by Gasteiger charge is 2.18. The van der Waals surface area contributed by atoms with E-state index in [0.29, 0.717) is 59.5 Å². The Morgan fingerprint density at radius 1 is 1.07 bits per heavy atom. The lowest BCUT2D eigenvalue weighted by atomic mass is 9.98. The van der Waals surface area contributed by atoms with Gasteiger partial charge in [-0.1, -0.05) is 6.92 Å². The van der Waals surface area contributed by atoms with Gasteiger partial charge >= 0.3 is 0 Å². The van der Waals surface area contributed by atoms with Crippen molar-refractivity contribution in [3.8, 4) is 23.0 Å². The van der Waals surface area contributed by atoms with Crippen LogP contribution in [0.2, 0.25) is 0 Å². The van der Waals surface area contributed by atoms with Gasteiger partial charge in [0, 0.05) is 22.8 Å². The number of allylic oxidation sites excluding steroid dienone is 1.